The Kier molecular flexibility index (Phi) is 5.95. The Bertz CT molecular complexity index is 1190. The summed E-state index contributed by atoms with van der Waals surface area (Å²) in [6, 6.07) is 18.1. The van der Waals surface area contributed by atoms with Gasteiger partial charge >= 0.3 is 6.03 Å². The van der Waals surface area contributed by atoms with Crippen LogP contribution in [-0.2, 0) is 21.7 Å². The van der Waals surface area contributed by atoms with Gasteiger partial charge in [0, 0.05) is 0 Å². The van der Waals surface area contributed by atoms with E-state index >= 15 is 0 Å². The SMILES string of the molecule is C[C@@]1(c2ccccc2)NC(=O)N(CC(=O)Nc2ccccc2C(=O)NCc2ccco2)C1=O. The van der Waals surface area contributed by atoms with Crippen molar-refractivity contribution < 1.29 is 23.6 Å². The summed E-state index contributed by atoms with van der Waals surface area (Å²) in [4.78, 5) is 51.6. The van der Waals surface area contributed by atoms with Crippen LogP contribution in [0.2, 0.25) is 0 Å². The molecule has 9 heteroatoms. The first-order chi connectivity index (χ1) is 15.9. The fraction of sp³-hybridized carbons (Fsp3) is 0.167. The van der Waals surface area contributed by atoms with E-state index in [1.807, 2.05) is 6.07 Å². The Hall–Kier alpha value is -4.40. The molecule has 1 aromatic heterocycles. The number of carbonyl (C=O) groups is 4. The molecule has 0 saturated carbocycles. The van der Waals surface area contributed by atoms with Crippen LogP contribution >= 0.6 is 0 Å². The fourth-order valence-electron chi connectivity index (χ4n) is 3.61. The molecule has 3 N–H and O–H groups in total. The van der Waals surface area contributed by atoms with E-state index in [1.54, 1.807) is 67.6 Å². The van der Waals surface area contributed by atoms with Crippen molar-refractivity contribution in [2.75, 3.05) is 11.9 Å². The van der Waals surface area contributed by atoms with Crippen molar-refractivity contribution in [2.24, 2.45) is 0 Å². The largest absolute Gasteiger partial charge is 0.467 e. The van der Waals surface area contributed by atoms with E-state index in [4.69, 9.17) is 4.42 Å². The van der Waals surface area contributed by atoms with Crippen molar-refractivity contribution in [3.8, 4) is 0 Å². The highest BCUT2D eigenvalue weighted by atomic mass is 16.3. The van der Waals surface area contributed by atoms with Gasteiger partial charge in [0.25, 0.3) is 11.8 Å². The molecule has 1 atom stereocenters. The van der Waals surface area contributed by atoms with Crippen LogP contribution in [0.15, 0.2) is 77.4 Å². The average Bonchev–Trinajstić information content (AvgIpc) is 3.41. The van der Waals surface area contributed by atoms with Gasteiger partial charge in [-0.3, -0.25) is 19.3 Å². The number of anilines is 1. The monoisotopic (exact) mass is 446 g/mol. The molecule has 5 amide bonds. The number of urea groups is 1. The molecule has 1 aliphatic heterocycles. The summed E-state index contributed by atoms with van der Waals surface area (Å²) >= 11 is 0. The maximum absolute atomic E-state index is 13.0. The first-order valence-electron chi connectivity index (χ1n) is 10.3. The first kappa shape index (κ1) is 21.8. The van der Waals surface area contributed by atoms with Crippen molar-refractivity contribution in [1.29, 1.82) is 0 Å². The molecule has 0 spiro atoms. The molecule has 0 unspecified atom stereocenters. The minimum absolute atomic E-state index is 0.189. The maximum Gasteiger partial charge on any atom is 0.325 e. The molecule has 0 aliphatic carbocycles. The number of imide groups is 1. The molecular weight excluding hydrogens is 424 g/mol. The lowest BCUT2D eigenvalue weighted by Gasteiger charge is -2.22. The summed E-state index contributed by atoms with van der Waals surface area (Å²) in [7, 11) is 0. The molecule has 0 radical (unpaired) electrons. The lowest BCUT2D eigenvalue weighted by atomic mass is 9.92. The smallest absolute Gasteiger partial charge is 0.325 e. The highest BCUT2D eigenvalue weighted by Gasteiger charge is 2.49. The van der Waals surface area contributed by atoms with Gasteiger partial charge < -0.3 is 20.4 Å². The number of hydrogen-bond acceptors (Lipinski definition) is 5. The Balaban J connectivity index is 1.43. The van der Waals surface area contributed by atoms with Crippen LogP contribution in [0.5, 0.6) is 0 Å². The van der Waals surface area contributed by atoms with Crippen molar-refractivity contribution in [3.63, 3.8) is 0 Å². The van der Waals surface area contributed by atoms with E-state index in [2.05, 4.69) is 16.0 Å². The standard InChI is InChI=1S/C24H22N4O5/c1-24(16-8-3-2-4-9-16)22(31)28(23(32)27-24)15-20(29)26-19-12-6-5-11-18(19)21(30)25-14-17-10-7-13-33-17/h2-13H,14-15H2,1H3,(H,25,30)(H,26,29)(H,27,32)/t24-/m0/s1. The van der Waals surface area contributed by atoms with Crippen LogP contribution in [-0.4, -0.2) is 35.2 Å². The molecule has 4 rings (SSSR count). The van der Waals surface area contributed by atoms with Gasteiger partial charge in [-0.05, 0) is 36.8 Å². The van der Waals surface area contributed by atoms with Crippen molar-refractivity contribution in [3.05, 3.63) is 89.9 Å². The first-order valence-corrected chi connectivity index (χ1v) is 10.3. The summed E-state index contributed by atoms with van der Waals surface area (Å²) < 4.78 is 5.20. The summed E-state index contributed by atoms with van der Waals surface area (Å²) in [6.07, 6.45) is 1.51. The zero-order valence-electron chi connectivity index (χ0n) is 17.8. The van der Waals surface area contributed by atoms with Gasteiger partial charge in [0.1, 0.15) is 17.8 Å². The fourth-order valence-corrected chi connectivity index (χ4v) is 3.61. The number of para-hydroxylation sites is 1. The van der Waals surface area contributed by atoms with E-state index in [-0.39, 0.29) is 17.8 Å². The van der Waals surface area contributed by atoms with E-state index < -0.39 is 35.8 Å². The predicted octanol–water partition coefficient (Wildman–Crippen LogP) is 2.62. The number of amides is 5. The van der Waals surface area contributed by atoms with Gasteiger partial charge in [-0.25, -0.2) is 4.79 Å². The number of benzene rings is 2. The van der Waals surface area contributed by atoms with Crippen LogP contribution in [0.25, 0.3) is 0 Å². The topological polar surface area (TPSA) is 121 Å². The number of nitrogens with zero attached hydrogens (tertiary/aromatic N) is 1. The molecule has 2 aromatic carbocycles. The van der Waals surface area contributed by atoms with Gasteiger partial charge in [-0.1, -0.05) is 42.5 Å². The predicted molar refractivity (Wildman–Crippen MR) is 119 cm³/mol. The van der Waals surface area contributed by atoms with Crippen molar-refractivity contribution >= 4 is 29.4 Å². The zero-order valence-corrected chi connectivity index (χ0v) is 17.8. The van der Waals surface area contributed by atoms with Gasteiger partial charge in [0.2, 0.25) is 5.91 Å². The molecule has 1 aliphatic rings. The second kappa shape index (κ2) is 8.99. The van der Waals surface area contributed by atoms with Crippen LogP contribution in [0.1, 0.15) is 28.6 Å². The number of hydrogen-bond donors (Lipinski definition) is 3. The van der Waals surface area contributed by atoms with E-state index in [1.165, 1.54) is 6.26 Å². The van der Waals surface area contributed by atoms with Crippen LogP contribution in [0, 0.1) is 0 Å². The Morgan fingerprint density at radius 2 is 1.73 bits per heavy atom. The molecule has 3 aromatic rings. The third-order valence-electron chi connectivity index (χ3n) is 5.38. The second-order valence-electron chi connectivity index (χ2n) is 7.67. The normalized spacial score (nSPS) is 17.5. The lowest BCUT2D eigenvalue weighted by Crippen LogP contribution is -2.42. The Morgan fingerprint density at radius 1 is 1.00 bits per heavy atom. The minimum atomic E-state index is -1.26. The number of nitrogens with one attached hydrogen (secondary N) is 3. The lowest BCUT2D eigenvalue weighted by molar-refractivity contribution is -0.133. The number of rotatable bonds is 7. The van der Waals surface area contributed by atoms with Crippen LogP contribution < -0.4 is 16.0 Å². The number of furan rings is 1. The van der Waals surface area contributed by atoms with E-state index in [0.29, 0.717) is 11.3 Å². The Morgan fingerprint density at radius 3 is 2.45 bits per heavy atom. The van der Waals surface area contributed by atoms with E-state index in [0.717, 1.165) is 4.90 Å². The van der Waals surface area contributed by atoms with E-state index in [9.17, 15) is 19.2 Å². The summed E-state index contributed by atoms with van der Waals surface area (Å²) in [5.41, 5.74) is -0.145. The van der Waals surface area contributed by atoms with Gasteiger partial charge in [-0.2, -0.15) is 0 Å². The quantitative estimate of drug-likeness (QED) is 0.482. The molecule has 33 heavy (non-hydrogen) atoms. The summed E-state index contributed by atoms with van der Waals surface area (Å²) in [5, 5.41) is 8.00. The highest BCUT2D eigenvalue weighted by Crippen LogP contribution is 2.28. The third-order valence-corrected chi connectivity index (χ3v) is 5.38. The molecule has 168 valence electrons. The maximum atomic E-state index is 13.0. The van der Waals surface area contributed by atoms with Gasteiger partial charge in [0.05, 0.1) is 24.1 Å². The number of carbonyl (C=O) groups excluding carboxylic acids is 4. The van der Waals surface area contributed by atoms with Gasteiger partial charge in [0.15, 0.2) is 0 Å². The summed E-state index contributed by atoms with van der Waals surface area (Å²) in [6.45, 7) is 1.29. The Labute approximate surface area is 189 Å². The van der Waals surface area contributed by atoms with Gasteiger partial charge in [-0.15, -0.1) is 0 Å². The highest BCUT2D eigenvalue weighted by molar-refractivity contribution is 6.11. The third kappa shape index (κ3) is 4.47. The molecular formula is C24H22N4O5. The van der Waals surface area contributed by atoms with Crippen molar-refractivity contribution in [1.82, 2.24) is 15.5 Å². The van der Waals surface area contributed by atoms with Crippen molar-refractivity contribution in [2.45, 2.75) is 19.0 Å². The second-order valence-corrected chi connectivity index (χ2v) is 7.67. The van der Waals surface area contributed by atoms with Crippen LogP contribution in [0.4, 0.5) is 10.5 Å². The van der Waals surface area contributed by atoms with Crippen LogP contribution in [0.3, 0.4) is 0 Å². The molecule has 2 heterocycles. The molecule has 9 nitrogen and oxygen atoms in total. The minimum Gasteiger partial charge on any atom is -0.467 e. The molecule has 1 saturated heterocycles. The summed E-state index contributed by atoms with van der Waals surface area (Å²) in [5.74, 6) is -0.959. The molecule has 1 fully saturated rings. The zero-order chi connectivity index (χ0) is 23.4. The molecule has 0 bridgehead atoms. The average molecular weight is 446 g/mol.